The maximum atomic E-state index is 13.9. The summed E-state index contributed by atoms with van der Waals surface area (Å²) in [5.41, 5.74) is 3.48. The fraction of sp³-hybridized carbons (Fsp3) is 0.415. The summed E-state index contributed by atoms with van der Waals surface area (Å²) < 4.78 is 35.8. The number of benzene rings is 3. The van der Waals surface area contributed by atoms with Crippen LogP contribution in [0.2, 0.25) is 0 Å². The van der Waals surface area contributed by atoms with Gasteiger partial charge in [-0.1, -0.05) is 18.2 Å². The molecule has 0 aliphatic carbocycles. The number of anilines is 1. The average Bonchev–Trinajstić information content (AvgIpc) is 3.74. The van der Waals surface area contributed by atoms with Crippen molar-refractivity contribution in [2.24, 2.45) is 0 Å². The van der Waals surface area contributed by atoms with Gasteiger partial charge in [0.15, 0.2) is 23.0 Å². The van der Waals surface area contributed by atoms with Crippen molar-refractivity contribution in [1.29, 1.82) is 0 Å². The quantitative estimate of drug-likeness (QED) is 0.135. The van der Waals surface area contributed by atoms with E-state index in [9.17, 15) is 9.90 Å². The molecular weight excluding hydrogens is 690 g/mol. The molecule has 1 N–H and O–H groups in total. The second-order valence-corrected chi connectivity index (χ2v) is 13.4. The predicted octanol–water partition coefficient (Wildman–Crippen LogP) is 5.67. The van der Waals surface area contributed by atoms with E-state index in [2.05, 4.69) is 26.5 Å². The number of para-hydroxylation sites is 2. The highest BCUT2D eigenvalue weighted by molar-refractivity contribution is 5.95. The van der Waals surface area contributed by atoms with E-state index in [-0.39, 0.29) is 18.4 Å². The molecule has 288 valence electrons. The molecule has 54 heavy (non-hydrogen) atoms. The summed E-state index contributed by atoms with van der Waals surface area (Å²) in [5.74, 6) is 4.66. The van der Waals surface area contributed by atoms with Gasteiger partial charge < -0.3 is 52.5 Å². The minimum absolute atomic E-state index is 0.00135. The highest BCUT2D eigenvalue weighted by Gasteiger charge is 2.26. The number of hydrogen-bond donors (Lipinski definition) is 1. The molecule has 1 amide bonds. The van der Waals surface area contributed by atoms with Crippen LogP contribution in [0.4, 0.5) is 5.95 Å². The van der Waals surface area contributed by atoms with Crippen LogP contribution < -0.4 is 28.6 Å². The van der Waals surface area contributed by atoms with Crippen molar-refractivity contribution in [3.05, 3.63) is 89.4 Å². The Morgan fingerprint density at radius 1 is 0.833 bits per heavy atom. The first-order valence-corrected chi connectivity index (χ1v) is 18.2. The first-order chi connectivity index (χ1) is 26.3. The van der Waals surface area contributed by atoms with Gasteiger partial charge in [0.05, 0.1) is 53.1 Å². The van der Waals surface area contributed by atoms with Gasteiger partial charge in [-0.2, -0.15) is 0 Å². The zero-order valence-corrected chi connectivity index (χ0v) is 32.0. The fourth-order valence-corrected chi connectivity index (χ4v) is 7.25. The predicted molar refractivity (Wildman–Crippen MR) is 207 cm³/mol. The van der Waals surface area contributed by atoms with Crippen molar-refractivity contribution in [2.75, 3.05) is 86.8 Å². The Morgan fingerprint density at radius 2 is 1.56 bits per heavy atom. The smallest absolute Gasteiger partial charge is 0.253 e. The van der Waals surface area contributed by atoms with Gasteiger partial charge in [-0.05, 0) is 80.0 Å². The van der Waals surface area contributed by atoms with Crippen molar-refractivity contribution in [1.82, 2.24) is 19.4 Å². The lowest BCUT2D eigenvalue weighted by molar-refractivity contribution is 0.0782. The van der Waals surface area contributed by atoms with Gasteiger partial charge in [0.1, 0.15) is 18.1 Å². The number of aliphatic hydroxyl groups excluding tert-OH is 1. The summed E-state index contributed by atoms with van der Waals surface area (Å²) in [7, 11) is 9.70. The minimum atomic E-state index is -0.157. The zero-order chi connectivity index (χ0) is 38.2. The number of carbonyl (C=O) groups excluding carboxylic acids is 1. The molecule has 3 heterocycles. The molecule has 5 aromatic rings. The minimum Gasteiger partial charge on any atom is -0.493 e. The molecule has 3 aromatic carbocycles. The number of carbonyl (C=O) groups is 1. The Morgan fingerprint density at radius 3 is 2.24 bits per heavy atom. The van der Waals surface area contributed by atoms with E-state index in [1.807, 2.05) is 49.5 Å². The molecule has 1 unspecified atom stereocenters. The lowest BCUT2D eigenvalue weighted by atomic mass is 9.94. The number of fused-ring (bicyclic) bond motifs is 1. The van der Waals surface area contributed by atoms with Gasteiger partial charge in [0.25, 0.3) is 5.91 Å². The third-order valence-corrected chi connectivity index (χ3v) is 10.1. The summed E-state index contributed by atoms with van der Waals surface area (Å²) >= 11 is 0. The van der Waals surface area contributed by atoms with Crippen LogP contribution in [0.25, 0.3) is 11.0 Å². The number of hydrogen-bond acceptors (Lipinski definition) is 11. The molecule has 0 spiro atoms. The first kappa shape index (κ1) is 38.3. The number of imidazole rings is 1. The highest BCUT2D eigenvalue weighted by Crippen LogP contribution is 2.39. The Hall–Kier alpha value is -5.40. The van der Waals surface area contributed by atoms with Gasteiger partial charge in [-0.25, -0.2) is 4.98 Å². The summed E-state index contributed by atoms with van der Waals surface area (Å²) in [5, 5.41) is 9.55. The van der Waals surface area contributed by atoms with Crippen LogP contribution in [0.15, 0.2) is 71.1 Å². The second kappa shape index (κ2) is 17.6. The molecular formula is C41H51N5O8. The Bertz CT molecular complexity index is 2000. The number of likely N-dealkylation sites (N-methyl/N-ethyl adjacent to an activating group) is 1. The van der Waals surface area contributed by atoms with Crippen LogP contribution in [-0.2, 0) is 13.2 Å². The zero-order valence-electron chi connectivity index (χ0n) is 32.0. The van der Waals surface area contributed by atoms with Crippen molar-refractivity contribution in [3.63, 3.8) is 0 Å². The van der Waals surface area contributed by atoms with E-state index in [0.717, 1.165) is 73.9 Å². The number of methoxy groups -OCH3 is 5. The van der Waals surface area contributed by atoms with Crippen molar-refractivity contribution < 1.29 is 38.0 Å². The fourth-order valence-electron chi connectivity index (χ4n) is 7.25. The number of aliphatic hydroxyl groups is 1. The third-order valence-electron chi connectivity index (χ3n) is 10.1. The van der Waals surface area contributed by atoms with E-state index in [1.165, 1.54) is 21.3 Å². The molecule has 0 radical (unpaired) electrons. The third kappa shape index (κ3) is 8.37. The van der Waals surface area contributed by atoms with Crippen molar-refractivity contribution in [2.45, 2.75) is 31.9 Å². The number of nitrogens with zero attached hydrogens (tertiary/aromatic N) is 5. The molecule has 1 aliphatic heterocycles. The van der Waals surface area contributed by atoms with E-state index in [4.69, 9.17) is 33.1 Å². The number of ether oxygens (including phenoxy) is 5. The van der Waals surface area contributed by atoms with Crippen molar-refractivity contribution >= 4 is 22.9 Å². The number of aromatic nitrogens is 2. The van der Waals surface area contributed by atoms with Gasteiger partial charge in [0.2, 0.25) is 11.7 Å². The maximum absolute atomic E-state index is 13.9. The second-order valence-electron chi connectivity index (χ2n) is 13.4. The van der Waals surface area contributed by atoms with E-state index in [0.29, 0.717) is 53.2 Å². The van der Waals surface area contributed by atoms with Crippen molar-refractivity contribution in [3.8, 4) is 28.7 Å². The summed E-state index contributed by atoms with van der Waals surface area (Å²) in [6.07, 6.45) is 1.78. The summed E-state index contributed by atoms with van der Waals surface area (Å²) in [6, 6.07) is 21.3. The molecule has 2 aromatic heterocycles. The largest absolute Gasteiger partial charge is 0.493 e. The van der Waals surface area contributed by atoms with E-state index >= 15 is 0 Å². The average molecular weight is 742 g/mol. The lowest BCUT2D eigenvalue weighted by Crippen LogP contribution is -2.35. The highest BCUT2D eigenvalue weighted by atomic mass is 16.5. The Kier molecular flexibility index (Phi) is 12.5. The number of furan rings is 1. The van der Waals surface area contributed by atoms with Crippen LogP contribution in [0.1, 0.15) is 46.2 Å². The standard InChI is InChI=1S/C41H51N5O8/c1-43(40(48)30-23-37(51-4)39(53-6)38(24-30)52-5)25-29(28-12-15-35(49-2)36(22-28)50-3)16-19-44-17-9-18-45(21-20-44)41-42-33-10-7-8-11-34(33)46(41)26-31-13-14-32(27-47)54-31/h7-8,10-15,22-24,29,47H,9,16-21,25-27H2,1-6H3. The SMILES string of the molecule is COc1ccc(C(CCN2CCCN(c3nc4ccccc4n3Cc3ccc(CO)o3)CC2)CN(C)C(=O)c2cc(OC)c(OC)c(OC)c2)cc1OC. The molecule has 13 nitrogen and oxygen atoms in total. The van der Waals surface area contributed by atoms with Gasteiger partial charge in [-0.3, -0.25) is 4.79 Å². The summed E-state index contributed by atoms with van der Waals surface area (Å²) in [4.78, 5) is 25.6. The Labute approximate surface area is 316 Å². The van der Waals surface area contributed by atoms with Gasteiger partial charge in [-0.15, -0.1) is 0 Å². The van der Waals surface area contributed by atoms with Crippen LogP contribution in [-0.4, -0.2) is 112 Å². The monoisotopic (exact) mass is 741 g/mol. The lowest BCUT2D eigenvalue weighted by Gasteiger charge is -2.28. The topological polar surface area (TPSA) is 124 Å². The normalized spacial score (nSPS) is 14.1. The molecule has 1 atom stereocenters. The van der Waals surface area contributed by atoms with Crippen LogP contribution in [0.3, 0.4) is 0 Å². The van der Waals surface area contributed by atoms with Crippen LogP contribution >= 0.6 is 0 Å². The number of rotatable bonds is 16. The van der Waals surface area contributed by atoms with Gasteiger partial charge in [0, 0.05) is 44.7 Å². The van der Waals surface area contributed by atoms with E-state index in [1.54, 1.807) is 31.3 Å². The number of amides is 1. The maximum Gasteiger partial charge on any atom is 0.253 e. The molecule has 1 saturated heterocycles. The first-order valence-electron chi connectivity index (χ1n) is 18.2. The van der Waals surface area contributed by atoms with Crippen LogP contribution in [0, 0.1) is 0 Å². The Balaban J connectivity index is 1.19. The molecule has 6 rings (SSSR count). The molecule has 13 heteroatoms. The summed E-state index contributed by atoms with van der Waals surface area (Å²) in [6.45, 7) is 5.17. The van der Waals surface area contributed by atoms with E-state index < -0.39 is 0 Å². The molecule has 0 bridgehead atoms. The van der Waals surface area contributed by atoms with Gasteiger partial charge >= 0.3 is 0 Å². The van der Waals surface area contributed by atoms with Crippen LogP contribution in [0.5, 0.6) is 28.7 Å². The molecule has 0 saturated carbocycles. The molecule has 1 aliphatic rings. The molecule has 1 fully saturated rings.